The summed E-state index contributed by atoms with van der Waals surface area (Å²) >= 11 is 0. The normalized spacial score (nSPS) is 11.3. The van der Waals surface area contributed by atoms with E-state index in [1.54, 1.807) is 6.07 Å². The van der Waals surface area contributed by atoms with Crippen LogP contribution in [0.15, 0.2) is 24.4 Å². The highest BCUT2D eigenvalue weighted by Crippen LogP contribution is 2.31. The minimum Gasteiger partial charge on any atom is -0.384 e. The second kappa shape index (κ2) is 3.60. The maximum atomic E-state index is 14.1. The quantitative estimate of drug-likeness (QED) is 0.691. The van der Waals surface area contributed by atoms with Crippen molar-refractivity contribution >= 4 is 16.7 Å². The van der Waals surface area contributed by atoms with Gasteiger partial charge in [-0.05, 0) is 25.1 Å². The van der Waals surface area contributed by atoms with Crippen molar-refractivity contribution in [2.24, 2.45) is 7.05 Å². The van der Waals surface area contributed by atoms with Crippen LogP contribution in [0.2, 0.25) is 0 Å². The molecule has 92 valence electrons. The molecule has 2 aromatic heterocycles. The maximum Gasteiger partial charge on any atom is 0.131 e. The first-order valence-electron chi connectivity index (χ1n) is 5.62. The second-order valence-electron chi connectivity index (χ2n) is 4.43. The number of aromatic nitrogens is 3. The number of nitrogens with two attached hydrogens (primary N) is 1. The zero-order valence-electron chi connectivity index (χ0n) is 10.2. The van der Waals surface area contributed by atoms with Gasteiger partial charge in [0.2, 0.25) is 0 Å². The molecule has 0 fully saturated rings. The largest absolute Gasteiger partial charge is 0.384 e. The van der Waals surface area contributed by atoms with Gasteiger partial charge in [0.05, 0.1) is 6.20 Å². The van der Waals surface area contributed by atoms with Gasteiger partial charge >= 0.3 is 0 Å². The van der Waals surface area contributed by atoms with E-state index in [4.69, 9.17) is 5.73 Å². The molecule has 18 heavy (non-hydrogen) atoms. The molecule has 0 aliphatic carbocycles. The summed E-state index contributed by atoms with van der Waals surface area (Å²) in [5.74, 6) is 0.0837. The first-order valence-corrected chi connectivity index (χ1v) is 5.62. The number of nitrogens with zero attached hydrogens (tertiary/aromatic N) is 2. The highest BCUT2D eigenvalue weighted by molar-refractivity contribution is 5.88. The number of nitrogen functional groups attached to an aromatic ring is 1. The Morgan fingerprint density at radius 3 is 2.72 bits per heavy atom. The summed E-state index contributed by atoms with van der Waals surface area (Å²) in [4.78, 5) is 0. The highest BCUT2D eigenvalue weighted by atomic mass is 19.1. The van der Waals surface area contributed by atoms with Crippen LogP contribution < -0.4 is 5.73 Å². The van der Waals surface area contributed by atoms with Crippen LogP contribution in [0.4, 0.5) is 10.2 Å². The highest BCUT2D eigenvalue weighted by Gasteiger charge is 2.13. The van der Waals surface area contributed by atoms with Gasteiger partial charge in [0, 0.05) is 34.8 Å². The third kappa shape index (κ3) is 1.40. The van der Waals surface area contributed by atoms with Gasteiger partial charge in [-0.2, -0.15) is 5.10 Å². The predicted octanol–water partition coefficient (Wildman–Crippen LogP) is 2.60. The Bertz CT molecular complexity index is 739. The van der Waals surface area contributed by atoms with E-state index in [0.29, 0.717) is 16.9 Å². The Morgan fingerprint density at radius 1 is 1.28 bits per heavy atom. The van der Waals surface area contributed by atoms with Crippen LogP contribution in [0.1, 0.15) is 5.69 Å². The van der Waals surface area contributed by atoms with Crippen LogP contribution in [0.3, 0.4) is 0 Å². The lowest BCUT2D eigenvalue weighted by atomic mass is 10.1. The molecule has 1 aromatic carbocycles. The van der Waals surface area contributed by atoms with Crippen LogP contribution in [0, 0.1) is 12.7 Å². The number of H-pyrrole nitrogens is 1. The SMILES string of the molecule is Cc1cc2cc(F)c(-c3cn[nH]c3N)cc2n1C. The number of nitrogens with one attached hydrogen (secondary N) is 1. The number of aromatic amines is 1. The van der Waals surface area contributed by atoms with Crippen LogP contribution >= 0.6 is 0 Å². The summed E-state index contributed by atoms with van der Waals surface area (Å²) < 4.78 is 16.1. The van der Waals surface area contributed by atoms with Crippen LogP contribution in [0.5, 0.6) is 0 Å². The molecule has 0 saturated carbocycles. The molecule has 0 aliphatic heterocycles. The first-order chi connectivity index (χ1) is 8.58. The molecule has 2 heterocycles. The molecule has 3 aromatic rings. The summed E-state index contributed by atoms with van der Waals surface area (Å²) in [6.45, 7) is 1.99. The average molecular weight is 244 g/mol. The molecule has 3 N–H and O–H groups in total. The van der Waals surface area contributed by atoms with E-state index < -0.39 is 0 Å². The molecule has 0 radical (unpaired) electrons. The monoisotopic (exact) mass is 244 g/mol. The van der Waals surface area contributed by atoms with E-state index in [9.17, 15) is 4.39 Å². The van der Waals surface area contributed by atoms with Crippen LogP contribution in [-0.4, -0.2) is 14.8 Å². The van der Waals surface area contributed by atoms with Gasteiger partial charge in [-0.25, -0.2) is 4.39 Å². The number of aryl methyl sites for hydroxylation is 2. The molecule has 4 nitrogen and oxygen atoms in total. The Hall–Kier alpha value is -2.30. The zero-order valence-corrected chi connectivity index (χ0v) is 10.2. The van der Waals surface area contributed by atoms with Gasteiger partial charge in [-0.3, -0.25) is 5.10 Å². The van der Waals surface area contributed by atoms with Crippen LogP contribution in [-0.2, 0) is 7.05 Å². The number of anilines is 1. The zero-order chi connectivity index (χ0) is 12.9. The van der Waals surface area contributed by atoms with Crippen molar-refractivity contribution in [3.05, 3.63) is 35.9 Å². The van der Waals surface area contributed by atoms with Crippen molar-refractivity contribution in [3.63, 3.8) is 0 Å². The molecule has 0 atom stereocenters. The number of rotatable bonds is 1. The summed E-state index contributed by atoms with van der Waals surface area (Å²) in [5.41, 5.74) is 8.86. The number of hydrogen-bond donors (Lipinski definition) is 2. The maximum absolute atomic E-state index is 14.1. The minimum atomic E-state index is -0.291. The molecule has 0 bridgehead atoms. The Kier molecular flexibility index (Phi) is 2.16. The summed E-state index contributed by atoms with van der Waals surface area (Å²) in [6, 6.07) is 5.30. The molecule has 0 unspecified atom stereocenters. The molecule has 3 rings (SSSR count). The number of fused-ring (bicyclic) bond motifs is 1. The lowest BCUT2D eigenvalue weighted by Crippen LogP contribution is -1.93. The third-order valence-corrected chi connectivity index (χ3v) is 3.33. The van der Waals surface area contributed by atoms with E-state index in [1.807, 2.05) is 24.6 Å². The van der Waals surface area contributed by atoms with E-state index in [-0.39, 0.29) is 5.82 Å². The standard InChI is InChI=1S/C13H13FN4/c1-7-3-8-4-11(14)9(5-12(8)18(7)2)10-6-16-17-13(10)15/h3-6H,1-2H3,(H3,15,16,17). The van der Waals surface area contributed by atoms with Crippen molar-refractivity contribution in [1.29, 1.82) is 0 Å². The number of benzene rings is 1. The van der Waals surface area contributed by atoms with Crippen molar-refractivity contribution in [2.75, 3.05) is 5.73 Å². The van der Waals surface area contributed by atoms with Gasteiger partial charge in [-0.1, -0.05) is 0 Å². The first kappa shape index (κ1) is 10.8. The summed E-state index contributed by atoms with van der Waals surface area (Å²) in [7, 11) is 1.96. The van der Waals surface area contributed by atoms with Crippen molar-refractivity contribution in [2.45, 2.75) is 6.92 Å². The fourth-order valence-electron chi connectivity index (χ4n) is 2.21. The molecule has 0 aliphatic rings. The predicted molar refractivity (Wildman–Crippen MR) is 69.6 cm³/mol. The number of hydrogen-bond acceptors (Lipinski definition) is 2. The Labute approximate surface area is 103 Å². The lowest BCUT2D eigenvalue weighted by molar-refractivity contribution is 0.633. The van der Waals surface area contributed by atoms with Gasteiger partial charge in [0.25, 0.3) is 0 Å². The average Bonchev–Trinajstić information content (AvgIpc) is 2.84. The fraction of sp³-hybridized carbons (Fsp3) is 0.154. The van der Waals surface area contributed by atoms with Crippen molar-refractivity contribution in [3.8, 4) is 11.1 Å². The topological polar surface area (TPSA) is 59.6 Å². The lowest BCUT2D eigenvalue weighted by Gasteiger charge is -2.04. The third-order valence-electron chi connectivity index (χ3n) is 3.33. The van der Waals surface area contributed by atoms with Crippen LogP contribution in [0.25, 0.3) is 22.0 Å². The van der Waals surface area contributed by atoms with E-state index in [0.717, 1.165) is 16.6 Å². The van der Waals surface area contributed by atoms with Crippen molar-refractivity contribution in [1.82, 2.24) is 14.8 Å². The van der Waals surface area contributed by atoms with E-state index >= 15 is 0 Å². The van der Waals surface area contributed by atoms with Gasteiger partial charge in [-0.15, -0.1) is 0 Å². The molecular formula is C13H13FN4. The second-order valence-corrected chi connectivity index (χ2v) is 4.43. The summed E-state index contributed by atoms with van der Waals surface area (Å²) in [5, 5.41) is 7.33. The smallest absolute Gasteiger partial charge is 0.131 e. The summed E-state index contributed by atoms with van der Waals surface area (Å²) in [6.07, 6.45) is 1.54. The molecule has 0 saturated heterocycles. The van der Waals surface area contributed by atoms with Gasteiger partial charge < -0.3 is 10.3 Å². The minimum absolute atomic E-state index is 0.291. The Morgan fingerprint density at radius 2 is 2.06 bits per heavy atom. The van der Waals surface area contributed by atoms with E-state index in [1.165, 1.54) is 12.3 Å². The molecule has 0 amide bonds. The Balaban J connectivity index is 2.34. The van der Waals surface area contributed by atoms with Gasteiger partial charge in [0.15, 0.2) is 0 Å². The molecule has 5 heteroatoms. The number of halogens is 1. The van der Waals surface area contributed by atoms with E-state index in [2.05, 4.69) is 10.2 Å². The van der Waals surface area contributed by atoms with Gasteiger partial charge in [0.1, 0.15) is 11.6 Å². The van der Waals surface area contributed by atoms with Crippen molar-refractivity contribution < 1.29 is 4.39 Å². The molecule has 0 spiro atoms. The fourth-order valence-corrected chi connectivity index (χ4v) is 2.21. The molecular weight excluding hydrogens is 231 g/mol.